The van der Waals surface area contributed by atoms with Gasteiger partial charge in [0.15, 0.2) is 0 Å². The molecule has 0 aliphatic carbocycles. The number of hydrogen-bond acceptors (Lipinski definition) is 3. The number of nitrogens with zero attached hydrogens (tertiary/aromatic N) is 1. The summed E-state index contributed by atoms with van der Waals surface area (Å²) in [6, 6.07) is 8.87. The van der Waals surface area contributed by atoms with Crippen molar-refractivity contribution in [1.29, 1.82) is 0 Å². The van der Waals surface area contributed by atoms with Gasteiger partial charge in [-0.15, -0.1) is 0 Å². The summed E-state index contributed by atoms with van der Waals surface area (Å²) in [6.45, 7) is 1.54. The van der Waals surface area contributed by atoms with Gasteiger partial charge in [0.05, 0.1) is 23.4 Å². The highest BCUT2D eigenvalue weighted by Crippen LogP contribution is 2.13. The minimum Gasteiger partial charge on any atom is -0.481 e. The van der Waals surface area contributed by atoms with Gasteiger partial charge in [-0.3, -0.25) is 9.79 Å². The van der Waals surface area contributed by atoms with Gasteiger partial charge < -0.3 is 10.2 Å². The van der Waals surface area contributed by atoms with Gasteiger partial charge >= 0.3 is 11.9 Å². The zero-order chi connectivity index (χ0) is 13.5. The van der Waals surface area contributed by atoms with Crippen LogP contribution in [-0.2, 0) is 9.59 Å². The van der Waals surface area contributed by atoms with Crippen LogP contribution in [0.3, 0.4) is 0 Å². The maximum atomic E-state index is 11.0. The summed E-state index contributed by atoms with van der Waals surface area (Å²) in [5.41, 5.74) is 0.800. The molecule has 0 aromatic heterocycles. The van der Waals surface area contributed by atoms with Crippen LogP contribution >= 0.6 is 0 Å². The number of carboxylic acids is 2. The summed E-state index contributed by atoms with van der Waals surface area (Å²) in [5.74, 6) is -2.27. The highest BCUT2D eigenvalue weighted by Gasteiger charge is 2.11. The molecule has 5 heteroatoms. The molecule has 0 aliphatic rings. The molecular formula is C13H13NO4. The van der Waals surface area contributed by atoms with Crippen LogP contribution in [0.1, 0.15) is 13.3 Å². The van der Waals surface area contributed by atoms with Crippen LogP contribution in [0.15, 0.2) is 47.0 Å². The van der Waals surface area contributed by atoms with Crippen molar-refractivity contribution >= 4 is 23.3 Å². The number of aliphatic imine (C=N–C) groups is 1. The number of aliphatic carboxylic acids is 2. The summed E-state index contributed by atoms with van der Waals surface area (Å²) in [4.78, 5) is 25.6. The Labute approximate surface area is 104 Å². The van der Waals surface area contributed by atoms with Crippen LogP contribution in [0.2, 0.25) is 0 Å². The molecule has 1 aromatic rings. The van der Waals surface area contributed by atoms with Crippen LogP contribution in [0.4, 0.5) is 5.69 Å². The lowest BCUT2D eigenvalue weighted by Gasteiger charge is -2.02. The van der Waals surface area contributed by atoms with E-state index in [9.17, 15) is 9.59 Å². The SMILES string of the molecule is CC(=Nc1ccccc1)C(=CCC(=O)O)C(=O)O. The smallest absolute Gasteiger partial charge is 0.337 e. The Morgan fingerprint density at radius 2 is 1.83 bits per heavy atom. The first kappa shape index (κ1) is 13.6. The van der Waals surface area contributed by atoms with Gasteiger partial charge in [0.2, 0.25) is 0 Å². The molecule has 1 rings (SSSR count). The van der Waals surface area contributed by atoms with E-state index < -0.39 is 11.9 Å². The quantitative estimate of drug-likeness (QED) is 0.617. The minimum absolute atomic E-state index is 0.0961. The van der Waals surface area contributed by atoms with Crippen molar-refractivity contribution in [3.05, 3.63) is 42.0 Å². The van der Waals surface area contributed by atoms with Crippen LogP contribution < -0.4 is 0 Å². The maximum Gasteiger partial charge on any atom is 0.337 e. The van der Waals surface area contributed by atoms with Crippen LogP contribution in [0.25, 0.3) is 0 Å². The Morgan fingerprint density at radius 3 is 2.33 bits per heavy atom. The molecular weight excluding hydrogens is 234 g/mol. The topological polar surface area (TPSA) is 87.0 Å². The molecule has 0 heterocycles. The Bertz CT molecular complexity index is 503. The van der Waals surface area contributed by atoms with E-state index in [0.717, 1.165) is 6.08 Å². The minimum atomic E-state index is -1.19. The lowest BCUT2D eigenvalue weighted by Crippen LogP contribution is -2.10. The van der Waals surface area contributed by atoms with E-state index in [2.05, 4.69) is 4.99 Å². The third-order valence-electron chi connectivity index (χ3n) is 2.15. The zero-order valence-corrected chi connectivity index (χ0v) is 9.83. The van der Waals surface area contributed by atoms with Gasteiger partial charge in [-0.2, -0.15) is 0 Å². The van der Waals surface area contributed by atoms with Gasteiger partial charge in [-0.05, 0) is 19.1 Å². The van der Waals surface area contributed by atoms with Crippen molar-refractivity contribution in [1.82, 2.24) is 0 Å². The summed E-state index contributed by atoms with van der Waals surface area (Å²) >= 11 is 0. The average molecular weight is 247 g/mol. The standard InChI is InChI=1S/C13H13NO4/c1-9(14-10-5-3-2-4-6-10)11(13(17)18)7-8-12(15)16/h2-7H,8H2,1H3,(H,15,16)(H,17,18). The van der Waals surface area contributed by atoms with Crippen molar-refractivity contribution < 1.29 is 19.8 Å². The number of rotatable bonds is 5. The molecule has 0 spiro atoms. The molecule has 0 atom stereocenters. The van der Waals surface area contributed by atoms with E-state index in [0.29, 0.717) is 5.69 Å². The van der Waals surface area contributed by atoms with Gasteiger partial charge in [-0.1, -0.05) is 24.3 Å². The Kier molecular flexibility index (Phi) is 4.80. The fourth-order valence-corrected chi connectivity index (χ4v) is 1.34. The molecule has 0 amide bonds. The first-order chi connectivity index (χ1) is 8.50. The van der Waals surface area contributed by atoms with Gasteiger partial charge in [0, 0.05) is 0 Å². The van der Waals surface area contributed by atoms with Gasteiger partial charge in [0.25, 0.3) is 0 Å². The molecule has 18 heavy (non-hydrogen) atoms. The highest BCUT2D eigenvalue weighted by atomic mass is 16.4. The third kappa shape index (κ3) is 4.21. The Morgan fingerprint density at radius 1 is 1.22 bits per heavy atom. The van der Waals surface area contributed by atoms with Gasteiger partial charge in [-0.25, -0.2) is 4.79 Å². The molecule has 0 fully saturated rings. The summed E-state index contributed by atoms with van der Waals surface area (Å²) in [6.07, 6.45) is 0.801. The normalized spacial score (nSPS) is 12.3. The molecule has 5 nitrogen and oxygen atoms in total. The molecule has 0 aliphatic heterocycles. The second kappa shape index (κ2) is 6.34. The van der Waals surface area contributed by atoms with Crippen LogP contribution in [0, 0.1) is 0 Å². The number of benzene rings is 1. The summed E-state index contributed by atoms with van der Waals surface area (Å²) in [5, 5.41) is 17.5. The zero-order valence-electron chi connectivity index (χ0n) is 9.83. The Hall–Kier alpha value is -2.43. The lowest BCUT2D eigenvalue weighted by atomic mass is 10.1. The largest absolute Gasteiger partial charge is 0.481 e. The fourth-order valence-electron chi connectivity index (χ4n) is 1.34. The van der Waals surface area contributed by atoms with Crippen LogP contribution in [0.5, 0.6) is 0 Å². The first-order valence-electron chi connectivity index (χ1n) is 5.26. The summed E-state index contributed by atoms with van der Waals surface area (Å²) in [7, 11) is 0. The second-order valence-electron chi connectivity index (χ2n) is 3.55. The maximum absolute atomic E-state index is 11.0. The molecule has 2 N–H and O–H groups in total. The molecule has 94 valence electrons. The molecule has 0 unspecified atom stereocenters. The fraction of sp³-hybridized carbons (Fsp3) is 0.154. The van der Waals surface area contributed by atoms with Crippen molar-refractivity contribution in [2.45, 2.75) is 13.3 Å². The van der Waals surface area contributed by atoms with Crippen molar-refractivity contribution in [3.8, 4) is 0 Å². The van der Waals surface area contributed by atoms with E-state index in [-0.39, 0.29) is 17.7 Å². The van der Waals surface area contributed by atoms with E-state index in [1.807, 2.05) is 6.07 Å². The molecule has 0 bridgehead atoms. The third-order valence-corrected chi connectivity index (χ3v) is 2.15. The predicted octanol–water partition coefficient (Wildman–Crippen LogP) is 2.26. The number of carboxylic acid groups (broad SMARTS) is 2. The second-order valence-corrected chi connectivity index (χ2v) is 3.55. The molecule has 1 aromatic carbocycles. The van der Waals surface area contributed by atoms with Crippen molar-refractivity contribution in [2.24, 2.45) is 4.99 Å². The monoisotopic (exact) mass is 247 g/mol. The first-order valence-corrected chi connectivity index (χ1v) is 5.26. The predicted molar refractivity (Wildman–Crippen MR) is 67.2 cm³/mol. The van der Waals surface area contributed by atoms with E-state index >= 15 is 0 Å². The molecule has 0 radical (unpaired) electrons. The number of carbonyl (C=O) groups is 2. The number of hydrogen-bond donors (Lipinski definition) is 2. The van der Waals surface area contributed by atoms with Crippen molar-refractivity contribution in [3.63, 3.8) is 0 Å². The van der Waals surface area contributed by atoms with Gasteiger partial charge in [0.1, 0.15) is 0 Å². The summed E-state index contributed by atoms with van der Waals surface area (Å²) < 4.78 is 0. The number of para-hydroxylation sites is 1. The van der Waals surface area contributed by atoms with Crippen LogP contribution in [-0.4, -0.2) is 27.9 Å². The van der Waals surface area contributed by atoms with E-state index in [1.165, 1.54) is 6.92 Å². The van der Waals surface area contributed by atoms with E-state index in [1.54, 1.807) is 24.3 Å². The highest BCUT2D eigenvalue weighted by molar-refractivity contribution is 6.19. The lowest BCUT2D eigenvalue weighted by molar-refractivity contribution is -0.136. The Balaban J connectivity index is 3.00. The molecule has 0 saturated heterocycles. The average Bonchev–Trinajstić information content (AvgIpc) is 2.29. The van der Waals surface area contributed by atoms with Crippen molar-refractivity contribution in [2.75, 3.05) is 0 Å². The van der Waals surface area contributed by atoms with E-state index in [4.69, 9.17) is 10.2 Å². The molecule has 0 saturated carbocycles.